The van der Waals surface area contributed by atoms with Crippen molar-refractivity contribution < 1.29 is 17.9 Å². The number of ether oxygens (including phenoxy) is 1. The Balaban J connectivity index is 2.03. The highest BCUT2D eigenvalue weighted by Gasteiger charge is 2.28. The van der Waals surface area contributed by atoms with Crippen molar-refractivity contribution in [3.8, 4) is 0 Å². The fraction of sp³-hybridized carbons (Fsp3) is 0.846. The molecule has 1 aliphatic heterocycles. The maximum Gasteiger partial charge on any atom is 0.222 e. The third-order valence-corrected chi connectivity index (χ3v) is 5.25. The van der Waals surface area contributed by atoms with Gasteiger partial charge in [-0.2, -0.15) is 0 Å². The van der Waals surface area contributed by atoms with Crippen LogP contribution in [0.4, 0.5) is 0 Å². The number of hydrogen-bond donors (Lipinski definition) is 3. The van der Waals surface area contributed by atoms with Crippen LogP contribution in [0.1, 0.15) is 26.2 Å². The summed E-state index contributed by atoms with van der Waals surface area (Å²) in [7, 11) is -2.96. The fourth-order valence-corrected chi connectivity index (χ4v) is 3.96. The van der Waals surface area contributed by atoms with Crippen LogP contribution >= 0.6 is 12.2 Å². The molecule has 7 nitrogen and oxygen atoms in total. The number of hydrogen-bond acceptors (Lipinski definition) is 5. The molecule has 1 aliphatic rings. The molecule has 0 aromatic rings. The number of amides is 1. The highest BCUT2D eigenvalue weighted by molar-refractivity contribution is 7.91. The third kappa shape index (κ3) is 8.50. The van der Waals surface area contributed by atoms with Gasteiger partial charge in [-0.15, -0.1) is 0 Å². The zero-order chi connectivity index (χ0) is 16.4. The van der Waals surface area contributed by atoms with E-state index in [0.29, 0.717) is 31.3 Å². The van der Waals surface area contributed by atoms with Gasteiger partial charge in [0.05, 0.1) is 11.5 Å². The summed E-state index contributed by atoms with van der Waals surface area (Å²) in [6.45, 7) is 4.49. The summed E-state index contributed by atoms with van der Waals surface area (Å²) in [6.07, 6.45) is 1.63. The average Bonchev–Trinajstić information content (AvgIpc) is 2.77. The van der Waals surface area contributed by atoms with Crippen molar-refractivity contribution in [3.63, 3.8) is 0 Å². The van der Waals surface area contributed by atoms with E-state index in [1.807, 2.05) is 6.92 Å². The van der Waals surface area contributed by atoms with E-state index >= 15 is 0 Å². The summed E-state index contributed by atoms with van der Waals surface area (Å²) in [5.74, 6) is 0.0477. The molecule has 1 heterocycles. The Bertz CT molecular complexity index is 468. The van der Waals surface area contributed by atoms with Crippen LogP contribution in [0.15, 0.2) is 0 Å². The van der Waals surface area contributed by atoms with Crippen LogP contribution in [0.5, 0.6) is 0 Å². The molecular weight excluding hydrogens is 326 g/mol. The Morgan fingerprint density at radius 1 is 1.32 bits per heavy atom. The first kappa shape index (κ1) is 19.1. The molecule has 1 saturated heterocycles. The van der Waals surface area contributed by atoms with Gasteiger partial charge in [-0.1, -0.05) is 0 Å². The summed E-state index contributed by atoms with van der Waals surface area (Å²) in [5.41, 5.74) is 0. The minimum absolute atomic E-state index is 0.0476. The van der Waals surface area contributed by atoms with Crippen LogP contribution in [0.25, 0.3) is 0 Å². The normalized spacial score (nSPS) is 19.6. The topological polar surface area (TPSA) is 96.5 Å². The molecule has 3 N–H and O–H groups in total. The molecule has 1 amide bonds. The van der Waals surface area contributed by atoms with Crippen molar-refractivity contribution in [1.29, 1.82) is 0 Å². The summed E-state index contributed by atoms with van der Waals surface area (Å²) < 4.78 is 27.8. The van der Waals surface area contributed by atoms with Gasteiger partial charge in [0.25, 0.3) is 0 Å². The van der Waals surface area contributed by atoms with Gasteiger partial charge < -0.3 is 20.7 Å². The second-order valence-corrected chi connectivity index (χ2v) is 7.79. The molecule has 0 aliphatic carbocycles. The van der Waals surface area contributed by atoms with Gasteiger partial charge in [-0.25, -0.2) is 8.42 Å². The maximum atomic E-state index is 11.7. The second-order valence-electron chi connectivity index (χ2n) is 5.15. The standard InChI is InChI=1S/C13H25N3O4S2/c1-2-20-8-3-6-14-13(21)15-7-4-12(17)16-11-5-9-22(18,19)10-11/h11H,2-10H2,1H3,(H,16,17)(H2,14,15,21). The van der Waals surface area contributed by atoms with Gasteiger partial charge in [0.2, 0.25) is 5.91 Å². The number of nitrogens with one attached hydrogen (secondary N) is 3. The average molecular weight is 351 g/mol. The lowest BCUT2D eigenvalue weighted by atomic mass is 10.2. The molecule has 1 fully saturated rings. The molecule has 1 atom stereocenters. The molecule has 0 aromatic carbocycles. The molecule has 0 saturated carbocycles. The fourth-order valence-electron chi connectivity index (χ4n) is 2.08. The summed E-state index contributed by atoms with van der Waals surface area (Å²) in [6, 6.07) is -0.249. The van der Waals surface area contributed by atoms with Crippen molar-refractivity contribution in [1.82, 2.24) is 16.0 Å². The number of thiocarbonyl (C=S) groups is 1. The predicted molar refractivity (Wildman–Crippen MR) is 89.5 cm³/mol. The van der Waals surface area contributed by atoms with Crippen molar-refractivity contribution in [2.24, 2.45) is 0 Å². The van der Waals surface area contributed by atoms with Crippen LogP contribution in [0.3, 0.4) is 0 Å². The van der Waals surface area contributed by atoms with E-state index < -0.39 is 9.84 Å². The molecule has 0 spiro atoms. The summed E-state index contributed by atoms with van der Waals surface area (Å²) in [5, 5.41) is 9.22. The van der Waals surface area contributed by atoms with Crippen molar-refractivity contribution in [2.75, 3.05) is 37.8 Å². The monoisotopic (exact) mass is 351 g/mol. The Morgan fingerprint density at radius 2 is 2.05 bits per heavy atom. The van der Waals surface area contributed by atoms with Crippen molar-refractivity contribution in [2.45, 2.75) is 32.2 Å². The lowest BCUT2D eigenvalue weighted by molar-refractivity contribution is -0.121. The molecule has 1 unspecified atom stereocenters. The number of carbonyl (C=O) groups is 1. The summed E-state index contributed by atoms with van der Waals surface area (Å²) in [4.78, 5) is 11.7. The molecule has 1 rings (SSSR count). The van der Waals surface area contributed by atoms with E-state index in [1.54, 1.807) is 0 Å². The Kier molecular flexibility index (Phi) is 8.66. The molecule has 128 valence electrons. The van der Waals surface area contributed by atoms with E-state index in [-0.39, 0.29) is 29.9 Å². The maximum absolute atomic E-state index is 11.7. The van der Waals surface area contributed by atoms with E-state index in [4.69, 9.17) is 17.0 Å². The minimum atomic E-state index is -2.96. The highest BCUT2D eigenvalue weighted by Crippen LogP contribution is 2.11. The van der Waals surface area contributed by atoms with Gasteiger partial charge in [0, 0.05) is 38.8 Å². The van der Waals surface area contributed by atoms with Crippen LogP contribution in [0.2, 0.25) is 0 Å². The first-order valence-corrected chi connectivity index (χ1v) is 9.75. The molecule has 9 heteroatoms. The van der Waals surface area contributed by atoms with Gasteiger partial charge in [0.1, 0.15) is 0 Å². The Morgan fingerprint density at radius 3 is 2.68 bits per heavy atom. The van der Waals surface area contributed by atoms with E-state index in [9.17, 15) is 13.2 Å². The van der Waals surface area contributed by atoms with E-state index in [0.717, 1.165) is 13.0 Å². The SMILES string of the molecule is CCOCCCNC(=S)NCCC(=O)NC1CCS(=O)(=O)C1. The highest BCUT2D eigenvalue weighted by atomic mass is 32.2. The largest absolute Gasteiger partial charge is 0.382 e. The van der Waals surface area contributed by atoms with Gasteiger partial charge in [-0.05, 0) is 32.0 Å². The van der Waals surface area contributed by atoms with Crippen LogP contribution in [-0.2, 0) is 19.4 Å². The van der Waals surface area contributed by atoms with Crippen LogP contribution in [0, 0.1) is 0 Å². The van der Waals surface area contributed by atoms with E-state index in [1.165, 1.54) is 0 Å². The quantitative estimate of drug-likeness (QED) is 0.383. The summed E-state index contributed by atoms with van der Waals surface area (Å²) >= 11 is 5.08. The smallest absolute Gasteiger partial charge is 0.222 e. The van der Waals surface area contributed by atoms with Crippen molar-refractivity contribution >= 4 is 33.1 Å². The lowest BCUT2D eigenvalue weighted by Crippen LogP contribution is -2.40. The van der Waals surface area contributed by atoms with Gasteiger partial charge in [0.15, 0.2) is 14.9 Å². The van der Waals surface area contributed by atoms with Gasteiger partial charge >= 0.3 is 0 Å². The number of rotatable bonds is 9. The minimum Gasteiger partial charge on any atom is -0.382 e. The lowest BCUT2D eigenvalue weighted by Gasteiger charge is -2.12. The predicted octanol–water partition coefficient (Wildman–Crippen LogP) is -0.429. The molecular formula is C13H25N3O4S2. The van der Waals surface area contributed by atoms with Crippen LogP contribution in [-0.4, -0.2) is 63.3 Å². The first-order valence-electron chi connectivity index (χ1n) is 7.52. The number of sulfone groups is 1. The second kappa shape index (κ2) is 9.96. The first-order chi connectivity index (χ1) is 10.4. The zero-order valence-corrected chi connectivity index (χ0v) is 14.5. The molecule has 0 aromatic heterocycles. The Labute approximate surface area is 137 Å². The van der Waals surface area contributed by atoms with Gasteiger partial charge in [-0.3, -0.25) is 4.79 Å². The molecule has 0 bridgehead atoms. The molecule has 22 heavy (non-hydrogen) atoms. The van der Waals surface area contributed by atoms with E-state index in [2.05, 4.69) is 16.0 Å². The van der Waals surface area contributed by atoms with Crippen molar-refractivity contribution in [3.05, 3.63) is 0 Å². The number of carbonyl (C=O) groups excluding carboxylic acids is 1. The Hall–Kier alpha value is -0.930. The zero-order valence-electron chi connectivity index (χ0n) is 12.9. The molecule has 0 radical (unpaired) electrons. The third-order valence-electron chi connectivity index (χ3n) is 3.19. The van der Waals surface area contributed by atoms with Crippen LogP contribution < -0.4 is 16.0 Å².